The third-order valence-electron chi connectivity index (χ3n) is 3.23. The Labute approximate surface area is 112 Å². The molecule has 98 valence electrons. The molecule has 0 radical (unpaired) electrons. The minimum atomic E-state index is -0.0760. The Kier molecular flexibility index (Phi) is 4.58. The minimum absolute atomic E-state index is 0.0224. The van der Waals surface area contributed by atoms with Crippen molar-refractivity contribution in [2.24, 2.45) is 0 Å². The first-order valence-electron chi connectivity index (χ1n) is 6.15. The number of ether oxygens (including phenoxy) is 1. The normalized spacial score (nSPS) is 18.3. The van der Waals surface area contributed by atoms with E-state index in [4.69, 9.17) is 16.3 Å². The zero-order chi connectivity index (χ0) is 13.0. The summed E-state index contributed by atoms with van der Waals surface area (Å²) in [5.74, 6) is 0.0224. The molecule has 1 aliphatic rings. The molecular weight excluding hydrogens is 252 g/mol. The fraction of sp³-hybridized carbons (Fsp3) is 0.462. The fourth-order valence-corrected chi connectivity index (χ4v) is 2.26. The van der Waals surface area contributed by atoms with Crippen molar-refractivity contribution >= 4 is 23.2 Å². The smallest absolute Gasteiger partial charge is 0.282 e. The van der Waals surface area contributed by atoms with Gasteiger partial charge in [0.2, 0.25) is 0 Å². The number of hydrogen-bond donors (Lipinski definition) is 2. The minimum Gasteiger partial charge on any atom is -0.370 e. The number of carbonyl (C=O) groups is 1. The van der Waals surface area contributed by atoms with Crippen LogP contribution in [-0.4, -0.2) is 38.3 Å². The van der Waals surface area contributed by atoms with Gasteiger partial charge in [0, 0.05) is 10.7 Å². The molecule has 0 aliphatic carbocycles. The number of halogens is 1. The van der Waals surface area contributed by atoms with Crippen LogP contribution < -0.4 is 10.2 Å². The molecule has 0 unspecified atom stereocenters. The van der Waals surface area contributed by atoms with E-state index in [0.717, 1.165) is 32.0 Å². The summed E-state index contributed by atoms with van der Waals surface area (Å²) in [4.78, 5) is 13.4. The molecule has 18 heavy (non-hydrogen) atoms. The third-order valence-corrected chi connectivity index (χ3v) is 3.47. The van der Waals surface area contributed by atoms with Crippen molar-refractivity contribution in [3.63, 3.8) is 0 Å². The molecule has 1 fully saturated rings. The van der Waals surface area contributed by atoms with Gasteiger partial charge in [0.1, 0.15) is 13.1 Å². The van der Waals surface area contributed by atoms with Crippen LogP contribution in [0.5, 0.6) is 0 Å². The Bertz CT molecular complexity index is 419. The number of hydrogen-bond acceptors (Lipinski definition) is 2. The number of quaternary nitrogens is 1. The molecule has 1 amide bonds. The van der Waals surface area contributed by atoms with Gasteiger partial charge >= 0.3 is 0 Å². The molecule has 1 atom stereocenters. The van der Waals surface area contributed by atoms with E-state index in [1.807, 2.05) is 19.1 Å². The van der Waals surface area contributed by atoms with Gasteiger partial charge in [-0.3, -0.25) is 4.79 Å². The van der Waals surface area contributed by atoms with E-state index in [1.165, 1.54) is 4.90 Å². The van der Waals surface area contributed by atoms with Crippen molar-refractivity contribution in [1.82, 2.24) is 0 Å². The van der Waals surface area contributed by atoms with Gasteiger partial charge in [-0.15, -0.1) is 0 Å². The van der Waals surface area contributed by atoms with Gasteiger partial charge < -0.3 is 15.0 Å². The molecule has 1 saturated heterocycles. The summed E-state index contributed by atoms with van der Waals surface area (Å²) < 4.78 is 5.29. The standard InChI is InChI=1S/C13H17ClN2O2/c1-10(16-5-7-18-8-6-16)13(17)15-12-4-2-3-11(14)9-12/h2-4,9-10H,5-8H2,1H3,(H,15,17)/p+1/t10-/m1/s1. The molecule has 0 bridgehead atoms. The zero-order valence-corrected chi connectivity index (χ0v) is 11.2. The maximum Gasteiger partial charge on any atom is 0.282 e. The van der Waals surface area contributed by atoms with Crippen LogP contribution in [0.25, 0.3) is 0 Å². The van der Waals surface area contributed by atoms with Gasteiger partial charge in [0.25, 0.3) is 5.91 Å². The predicted molar refractivity (Wildman–Crippen MR) is 71.1 cm³/mol. The van der Waals surface area contributed by atoms with Crippen molar-refractivity contribution in [3.8, 4) is 0 Å². The summed E-state index contributed by atoms with van der Waals surface area (Å²) >= 11 is 5.88. The van der Waals surface area contributed by atoms with Crippen molar-refractivity contribution < 1.29 is 14.4 Å². The fourth-order valence-electron chi connectivity index (χ4n) is 2.07. The van der Waals surface area contributed by atoms with E-state index in [9.17, 15) is 4.79 Å². The van der Waals surface area contributed by atoms with E-state index in [0.29, 0.717) is 5.02 Å². The lowest BCUT2D eigenvalue weighted by Crippen LogP contribution is -3.18. The van der Waals surface area contributed by atoms with Crippen LogP contribution in [0.2, 0.25) is 5.02 Å². The highest BCUT2D eigenvalue weighted by atomic mass is 35.5. The number of benzene rings is 1. The summed E-state index contributed by atoms with van der Waals surface area (Å²) in [5, 5.41) is 3.52. The summed E-state index contributed by atoms with van der Waals surface area (Å²) in [7, 11) is 0. The molecule has 0 saturated carbocycles. The molecule has 5 heteroatoms. The highest BCUT2D eigenvalue weighted by Gasteiger charge is 2.26. The van der Waals surface area contributed by atoms with E-state index >= 15 is 0 Å². The van der Waals surface area contributed by atoms with Crippen LogP contribution in [0.1, 0.15) is 6.92 Å². The maximum atomic E-state index is 12.1. The summed E-state index contributed by atoms with van der Waals surface area (Å²) in [6.07, 6.45) is 0. The van der Waals surface area contributed by atoms with Crippen LogP contribution in [0, 0.1) is 0 Å². The van der Waals surface area contributed by atoms with Gasteiger partial charge in [-0.1, -0.05) is 17.7 Å². The lowest BCUT2D eigenvalue weighted by molar-refractivity contribution is -0.921. The van der Waals surface area contributed by atoms with Crippen molar-refractivity contribution in [3.05, 3.63) is 29.3 Å². The molecule has 2 rings (SSSR count). The first kappa shape index (κ1) is 13.3. The Morgan fingerprint density at radius 1 is 1.44 bits per heavy atom. The number of carbonyl (C=O) groups excluding carboxylic acids is 1. The third kappa shape index (κ3) is 3.45. The van der Waals surface area contributed by atoms with Crippen LogP contribution in [0.15, 0.2) is 24.3 Å². The van der Waals surface area contributed by atoms with E-state index in [-0.39, 0.29) is 11.9 Å². The maximum absolute atomic E-state index is 12.1. The number of amides is 1. The second-order valence-corrected chi connectivity index (χ2v) is 4.93. The highest BCUT2D eigenvalue weighted by molar-refractivity contribution is 6.30. The topological polar surface area (TPSA) is 42.8 Å². The largest absolute Gasteiger partial charge is 0.370 e. The molecule has 1 aromatic rings. The van der Waals surface area contributed by atoms with Gasteiger partial charge in [0.15, 0.2) is 6.04 Å². The Hall–Kier alpha value is -1.10. The number of morpholine rings is 1. The van der Waals surface area contributed by atoms with E-state index in [1.54, 1.807) is 12.1 Å². The highest BCUT2D eigenvalue weighted by Crippen LogP contribution is 2.14. The lowest BCUT2D eigenvalue weighted by atomic mass is 10.2. The molecule has 0 aromatic heterocycles. The molecular formula is C13H18ClN2O2+. The van der Waals surface area contributed by atoms with E-state index < -0.39 is 0 Å². The van der Waals surface area contributed by atoms with Crippen molar-refractivity contribution in [1.29, 1.82) is 0 Å². The Morgan fingerprint density at radius 3 is 2.83 bits per heavy atom. The average molecular weight is 270 g/mol. The van der Waals surface area contributed by atoms with Crippen molar-refractivity contribution in [2.75, 3.05) is 31.6 Å². The first-order valence-corrected chi connectivity index (χ1v) is 6.53. The quantitative estimate of drug-likeness (QED) is 0.843. The van der Waals surface area contributed by atoms with Crippen LogP contribution in [0.3, 0.4) is 0 Å². The van der Waals surface area contributed by atoms with Gasteiger partial charge in [-0.2, -0.15) is 0 Å². The molecule has 1 heterocycles. The van der Waals surface area contributed by atoms with Crippen LogP contribution in [-0.2, 0) is 9.53 Å². The number of anilines is 1. The zero-order valence-electron chi connectivity index (χ0n) is 10.4. The van der Waals surface area contributed by atoms with E-state index in [2.05, 4.69) is 5.32 Å². The van der Waals surface area contributed by atoms with Gasteiger partial charge in [-0.05, 0) is 25.1 Å². The van der Waals surface area contributed by atoms with Crippen LogP contribution >= 0.6 is 11.6 Å². The second kappa shape index (κ2) is 6.18. The van der Waals surface area contributed by atoms with Crippen molar-refractivity contribution in [2.45, 2.75) is 13.0 Å². The first-order chi connectivity index (χ1) is 8.66. The van der Waals surface area contributed by atoms with Gasteiger partial charge in [-0.25, -0.2) is 0 Å². The second-order valence-electron chi connectivity index (χ2n) is 4.49. The van der Waals surface area contributed by atoms with Crippen LogP contribution in [0.4, 0.5) is 5.69 Å². The Morgan fingerprint density at radius 2 is 2.17 bits per heavy atom. The molecule has 2 N–H and O–H groups in total. The Balaban J connectivity index is 1.94. The number of nitrogens with one attached hydrogen (secondary N) is 2. The van der Waals surface area contributed by atoms with Gasteiger partial charge in [0.05, 0.1) is 13.2 Å². The number of rotatable bonds is 3. The lowest BCUT2D eigenvalue weighted by Gasteiger charge is -2.28. The molecule has 4 nitrogen and oxygen atoms in total. The molecule has 1 aromatic carbocycles. The monoisotopic (exact) mass is 269 g/mol. The molecule has 1 aliphatic heterocycles. The average Bonchev–Trinajstić information content (AvgIpc) is 2.39. The SMILES string of the molecule is C[C@H](C(=O)Nc1cccc(Cl)c1)[NH+]1CCOCC1. The summed E-state index contributed by atoms with van der Waals surface area (Å²) in [6.45, 7) is 5.16. The molecule has 0 spiro atoms. The predicted octanol–water partition coefficient (Wildman–Crippen LogP) is 0.582. The summed E-state index contributed by atoms with van der Waals surface area (Å²) in [6, 6.07) is 7.12. The summed E-state index contributed by atoms with van der Waals surface area (Å²) in [5.41, 5.74) is 0.743.